The Labute approximate surface area is 153 Å². The van der Waals surface area contributed by atoms with Gasteiger partial charge in [0, 0.05) is 18.9 Å². The van der Waals surface area contributed by atoms with E-state index in [1.165, 1.54) is 5.56 Å². The summed E-state index contributed by atoms with van der Waals surface area (Å²) in [7, 11) is -0.117. The van der Waals surface area contributed by atoms with E-state index >= 15 is 0 Å². The summed E-state index contributed by atoms with van der Waals surface area (Å²) in [5.41, 5.74) is 2.38. The summed E-state index contributed by atoms with van der Waals surface area (Å²) in [4.78, 5) is 0. The van der Waals surface area contributed by atoms with Gasteiger partial charge in [-0.2, -0.15) is 0 Å². The largest absolute Gasteiger partial charge is 0.393 e. The zero-order chi connectivity index (χ0) is 18.7. The highest BCUT2D eigenvalue weighted by Gasteiger charge is 2.49. The van der Waals surface area contributed by atoms with Gasteiger partial charge in [0.25, 0.3) is 0 Å². The minimum absolute atomic E-state index is 0.0828. The topological polar surface area (TPSA) is 29.5 Å². The molecule has 0 aliphatic heterocycles. The molecule has 0 bridgehead atoms. The van der Waals surface area contributed by atoms with E-state index in [0.717, 1.165) is 5.56 Å². The Morgan fingerprint density at radius 1 is 0.880 bits per heavy atom. The van der Waals surface area contributed by atoms with Crippen molar-refractivity contribution in [3.05, 3.63) is 71.8 Å². The lowest BCUT2D eigenvalue weighted by atomic mass is 9.80. The van der Waals surface area contributed by atoms with Crippen LogP contribution in [0.25, 0.3) is 0 Å². The molecule has 1 N–H and O–H groups in total. The zero-order valence-corrected chi connectivity index (χ0v) is 17.4. The number of aliphatic hydroxyl groups is 1. The Morgan fingerprint density at radius 2 is 1.32 bits per heavy atom. The Balaban J connectivity index is 2.53. The predicted molar refractivity (Wildman–Crippen MR) is 109 cm³/mol. The van der Waals surface area contributed by atoms with E-state index in [1.807, 2.05) is 31.2 Å². The van der Waals surface area contributed by atoms with Gasteiger partial charge in [0.2, 0.25) is 0 Å². The number of methoxy groups -OCH3 is 1. The molecule has 0 saturated carbocycles. The molecule has 0 radical (unpaired) electrons. The first kappa shape index (κ1) is 19.9. The summed E-state index contributed by atoms with van der Waals surface area (Å²) >= 11 is 0. The van der Waals surface area contributed by atoms with E-state index in [9.17, 15) is 5.11 Å². The van der Waals surface area contributed by atoms with Crippen molar-refractivity contribution in [3.63, 3.8) is 0 Å². The third-order valence-electron chi connectivity index (χ3n) is 5.70. The Hall–Kier alpha value is -1.42. The summed E-state index contributed by atoms with van der Waals surface area (Å²) in [6.45, 7) is 10.9. The highest BCUT2D eigenvalue weighted by atomic mass is 28.3. The number of hydrogen-bond acceptors (Lipinski definition) is 2. The molecule has 0 aliphatic rings. The molecule has 2 aromatic carbocycles. The molecule has 2 aromatic rings. The van der Waals surface area contributed by atoms with E-state index in [0.29, 0.717) is 0 Å². The third kappa shape index (κ3) is 4.22. The second-order valence-electron chi connectivity index (χ2n) is 8.19. The highest BCUT2D eigenvalue weighted by Crippen LogP contribution is 2.43. The lowest BCUT2D eigenvalue weighted by Crippen LogP contribution is -2.57. The molecular formula is C22H32O2Si. The van der Waals surface area contributed by atoms with Gasteiger partial charge in [-0.3, -0.25) is 0 Å². The van der Waals surface area contributed by atoms with Crippen LogP contribution in [0.1, 0.15) is 36.8 Å². The van der Waals surface area contributed by atoms with Crippen LogP contribution in [0.15, 0.2) is 60.7 Å². The van der Waals surface area contributed by atoms with Crippen LogP contribution in [-0.2, 0) is 4.74 Å². The number of hydrogen-bond donors (Lipinski definition) is 1. The Kier molecular flexibility index (Phi) is 6.25. The maximum atomic E-state index is 11.6. The molecule has 0 amide bonds. The van der Waals surface area contributed by atoms with E-state index in [2.05, 4.69) is 63.0 Å². The zero-order valence-electron chi connectivity index (χ0n) is 16.4. The predicted octanol–water partition coefficient (Wildman–Crippen LogP) is 5.22. The summed E-state index contributed by atoms with van der Waals surface area (Å²) in [6, 6.07) is 20.8. The monoisotopic (exact) mass is 356 g/mol. The van der Waals surface area contributed by atoms with Gasteiger partial charge >= 0.3 is 0 Å². The van der Waals surface area contributed by atoms with E-state index in [1.54, 1.807) is 7.11 Å². The van der Waals surface area contributed by atoms with Crippen LogP contribution in [0.3, 0.4) is 0 Å². The summed E-state index contributed by atoms with van der Waals surface area (Å²) in [6.07, 6.45) is -0.105. The first-order valence-electron chi connectivity index (χ1n) is 9.05. The molecule has 4 atom stereocenters. The second kappa shape index (κ2) is 7.86. The molecule has 136 valence electrons. The van der Waals surface area contributed by atoms with Crippen molar-refractivity contribution in [2.75, 3.05) is 7.11 Å². The minimum Gasteiger partial charge on any atom is -0.393 e. The van der Waals surface area contributed by atoms with Crippen molar-refractivity contribution < 1.29 is 9.84 Å². The molecule has 2 nitrogen and oxygen atoms in total. The van der Waals surface area contributed by atoms with Crippen molar-refractivity contribution in [2.45, 2.75) is 56.7 Å². The maximum absolute atomic E-state index is 11.6. The fraction of sp³-hybridized carbons (Fsp3) is 0.455. The average Bonchev–Trinajstić information content (AvgIpc) is 2.59. The maximum Gasteiger partial charge on any atom is 0.0826 e. The van der Waals surface area contributed by atoms with Gasteiger partial charge in [0.05, 0.1) is 19.4 Å². The number of rotatable bonds is 7. The van der Waals surface area contributed by atoms with Crippen LogP contribution in [-0.4, -0.2) is 31.6 Å². The minimum atomic E-state index is -1.88. The Bertz CT molecular complexity index is 647. The number of ether oxygens (including phenoxy) is 1. The molecule has 0 heterocycles. The van der Waals surface area contributed by atoms with Gasteiger partial charge in [0.1, 0.15) is 0 Å². The van der Waals surface area contributed by atoms with Crippen LogP contribution in [0.4, 0.5) is 0 Å². The fourth-order valence-electron chi connectivity index (χ4n) is 3.54. The third-order valence-corrected chi connectivity index (χ3v) is 9.05. The lowest BCUT2D eigenvalue weighted by Gasteiger charge is -2.47. The van der Waals surface area contributed by atoms with Crippen molar-refractivity contribution >= 4 is 8.07 Å². The quantitative estimate of drug-likeness (QED) is 0.689. The van der Waals surface area contributed by atoms with Gasteiger partial charge in [-0.25, -0.2) is 0 Å². The van der Waals surface area contributed by atoms with Crippen LogP contribution in [0, 0.1) is 0 Å². The first-order chi connectivity index (χ1) is 11.7. The van der Waals surface area contributed by atoms with Crippen molar-refractivity contribution in [1.82, 2.24) is 0 Å². The fourth-order valence-corrected chi connectivity index (χ4v) is 4.80. The lowest BCUT2D eigenvalue weighted by molar-refractivity contribution is -0.00827. The van der Waals surface area contributed by atoms with Crippen LogP contribution >= 0.6 is 0 Å². The highest BCUT2D eigenvalue weighted by molar-refractivity contribution is 6.79. The molecule has 0 fully saturated rings. The van der Waals surface area contributed by atoms with Gasteiger partial charge < -0.3 is 9.84 Å². The van der Waals surface area contributed by atoms with E-state index < -0.39 is 13.3 Å². The first-order valence-corrected chi connectivity index (χ1v) is 12.5. The summed E-state index contributed by atoms with van der Waals surface area (Å²) < 4.78 is 6.03. The standard InChI is InChI=1S/C22H32O2Si/c1-17(18-13-9-7-10-14-18)21(24-3)20(19-15-11-8-12-16-19)22(2,23)25(4,5)6/h7-17,20-21,23H,1-6H3/t17-,20-,21+,22-/m0/s1. The van der Waals surface area contributed by atoms with Crippen molar-refractivity contribution in [2.24, 2.45) is 0 Å². The van der Waals surface area contributed by atoms with Gasteiger partial charge in [-0.1, -0.05) is 87.2 Å². The molecule has 3 heteroatoms. The smallest absolute Gasteiger partial charge is 0.0826 e. The average molecular weight is 357 g/mol. The Morgan fingerprint density at radius 3 is 1.72 bits per heavy atom. The molecule has 25 heavy (non-hydrogen) atoms. The summed E-state index contributed by atoms with van der Waals surface area (Å²) in [5, 5.41) is 10.8. The molecule has 0 aromatic heterocycles. The molecule has 0 saturated heterocycles. The van der Waals surface area contributed by atoms with Crippen LogP contribution < -0.4 is 0 Å². The molecule has 0 unspecified atom stereocenters. The van der Waals surface area contributed by atoms with Crippen molar-refractivity contribution in [1.29, 1.82) is 0 Å². The second-order valence-corrected chi connectivity index (χ2v) is 13.7. The summed E-state index contributed by atoms with van der Waals surface area (Å²) in [5.74, 6) is 0.0970. The molecule has 0 aliphatic carbocycles. The van der Waals surface area contributed by atoms with Crippen LogP contribution in [0.2, 0.25) is 19.6 Å². The molecule has 2 rings (SSSR count). The SMILES string of the molecule is CO[C@H]([C@@H](C)c1ccccc1)[C@H](c1ccccc1)[C@@](C)(O)[Si](C)(C)C. The van der Waals surface area contributed by atoms with Gasteiger partial charge in [-0.15, -0.1) is 0 Å². The van der Waals surface area contributed by atoms with Gasteiger partial charge in [0.15, 0.2) is 0 Å². The normalized spacial score (nSPS) is 18.2. The van der Waals surface area contributed by atoms with Crippen molar-refractivity contribution in [3.8, 4) is 0 Å². The van der Waals surface area contributed by atoms with Gasteiger partial charge in [-0.05, 0) is 18.1 Å². The van der Waals surface area contributed by atoms with E-state index in [4.69, 9.17) is 4.74 Å². The molecule has 0 spiro atoms. The van der Waals surface area contributed by atoms with Crippen LogP contribution in [0.5, 0.6) is 0 Å². The number of benzene rings is 2. The molecular weight excluding hydrogens is 324 g/mol. The van der Waals surface area contributed by atoms with E-state index in [-0.39, 0.29) is 17.9 Å².